The van der Waals surface area contributed by atoms with Crippen molar-refractivity contribution in [3.05, 3.63) is 81.4 Å². The molecule has 2 aromatic carbocycles. The summed E-state index contributed by atoms with van der Waals surface area (Å²) >= 11 is 5.18. The second-order valence-electron chi connectivity index (χ2n) is 8.84. The fourth-order valence-electron chi connectivity index (χ4n) is 3.85. The van der Waals surface area contributed by atoms with Crippen LogP contribution in [0.15, 0.2) is 48.7 Å². The van der Waals surface area contributed by atoms with E-state index in [2.05, 4.69) is 4.98 Å². The zero-order chi connectivity index (χ0) is 27.2. The monoisotopic (exact) mass is 530 g/mol. The first-order valence-corrected chi connectivity index (χ1v) is 10.9. The molecular weight excluding hydrogens is 509 g/mol. The van der Waals surface area contributed by atoms with Crippen molar-refractivity contribution in [2.24, 2.45) is 0 Å². The number of rotatable bonds is 4. The fraction of sp³-hybridized carbons (Fsp3) is 0.280. The average Bonchev–Trinajstić information content (AvgIpc) is 2.76. The molecule has 3 aromatic rings. The maximum Gasteiger partial charge on any atom is 0.416 e. The molecular formula is C25H21F7N2OS. The largest absolute Gasteiger partial charge is 0.416 e. The van der Waals surface area contributed by atoms with Gasteiger partial charge in [-0.25, -0.2) is 4.39 Å². The van der Waals surface area contributed by atoms with Crippen molar-refractivity contribution in [3.63, 3.8) is 0 Å². The van der Waals surface area contributed by atoms with E-state index >= 15 is 0 Å². The number of aryl methyl sites for hydroxylation is 1. The van der Waals surface area contributed by atoms with Crippen LogP contribution in [0.1, 0.15) is 36.1 Å². The minimum atomic E-state index is -5.05. The number of amides is 1. The molecule has 0 atom stereocenters. The van der Waals surface area contributed by atoms with Gasteiger partial charge in [0.25, 0.3) is 0 Å². The second-order valence-corrected chi connectivity index (χ2v) is 9.28. The molecule has 0 aliphatic rings. The lowest BCUT2D eigenvalue weighted by Gasteiger charge is -2.32. The number of hydrogen-bond donors (Lipinski definition) is 1. The number of halogens is 7. The first kappa shape index (κ1) is 27.4. The molecule has 0 aliphatic heterocycles. The summed E-state index contributed by atoms with van der Waals surface area (Å²) in [7, 11) is 1.34. The Kier molecular flexibility index (Phi) is 7.11. The number of aromatic nitrogens is 1. The summed E-state index contributed by atoms with van der Waals surface area (Å²) in [5, 5.41) is 0. The fourth-order valence-corrected chi connectivity index (χ4v) is 4.03. The van der Waals surface area contributed by atoms with E-state index in [-0.39, 0.29) is 11.8 Å². The van der Waals surface area contributed by atoms with E-state index in [0.717, 1.165) is 4.90 Å². The number of nitrogens with one attached hydrogen (secondary N) is 1. The Morgan fingerprint density at radius 3 is 1.89 bits per heavy atom. The van der Waals surface area contributed by atoms with Gasteiger partial charge in [0.15, 0.2) is 0 Å². The van der Waals surface area contributed by atoms with E-state index in [4.69, 9.17) is 12.2 Å². The number of aromatic amines is 1. The Morgan fingerprint density at radius 2 is 1.39 bits per heavy atom. The van der Waals surface area contributed by atoms with Gasteiger partial charge in [0, 0.05) is 18.8 Å². The van der Waals surface area contributed by atoms with Crippen LogP contribution in [0.3, 0.4) is 0 Å². The zero-order valence-corrected chi connectivity index (χ0v) is 20.3. The van der Waals surface area contributed by atoms with E-state index in [0.29, 0.717) is 33.5 Å². The van der Waals surface area contributed by atoms with E-state index in [9.17, 15) is 35.5 Å². The topological polar surface area (TPSA) is 36.1 Å². The van der Waals surface area contributed by atoms with Crippen LogP contribution in [0.5, 0.6) is 0 Å². The van der Waals surface area contributed by atoms with Crippen molar-refractivity contribution < 1.29 is 35.5 Å². The molecule has 1 heterocycles. The maximum atomic E-state index is 13.7. The lowest BCUT2D eigenvalue weighted by molar-refractivity contribution is -0.143. The Bertz CT molecular complexity index is 1340. The molecule has 0 saturated heterocycles. The third-order valence-corrected chi connectivity index (χ3v) is 6.13. The van der Waals surface area contributed by atoms with Crippen LogP contribution in [0.4, 0.5) is 36.4 Å². The number of nitrogens with zero attached hydrogens (tertiary/aromatic N) is 1. The molecule has 1 N–H and O–H groups in total. The molecule has 11 heteroatoms. The van der Waals surface area contributed by atoms with E-state index in [1.54, 1.807) is 6.92 Å². The minimum Gasteiger partial charge on any atom is -0.351 e. The van der Waals surface area contributed by atoms with Crippen LogP contribution in [0, 0.1) is 17.4 Å². The highest BCUT2D eigenvalue weighted by atomic mass is 32.1. The lowest BCUT2D eigenvalue weighted by atomic mass is 9.81. The summed E-state index contributed by atoms with van der Waals surface area (Å²) < 4.78 is 94.3. The number of pyridine rings is 1. The highest BCUT2D eigenvalue weighted by Gasteiger charge is 2.41. The quantitative estimate of drug-likeness (QED) is 0.276. The number of likely N-dealkylation sites (N-methyl/N-ethyl adjacent to an activating group) is 1. The van der Waals surface area contributed by atoms with Crippen molar-refractivity contribution in [2.75, 3.05) is 11.9 Å². The summed E-state index contributed by atoms with van der Waals surface area (Å²) in [5.41, 5.74) is -3.51. The van der Waals surface area contributed by atoms with Crippen LogP contribution in [0.2, 0.25) is 0 Å². The van der Waals surface area contributed by atoms with Gasteiger partial charge in [0.1, 0.15) is 10.5 Å². The first-order chi connectivity index (χ1) is 16.4. The molecule has 0 bridgehead atoms. The van der Waals surface area contributed by atoms with Crippen LogP contribution < -0.4 is 4.90 Å². The molecule has 3 nitrogen and oxygen atoms in total. The van der Waals surface area contributed by atoms with Crippen LogP contribution >= 0.6 is 12.2 Å². The molecule has 0 saturated carbocycles. The number of alkyl halides is 6. The third-order valence-electron chi connectivity index (χ3n) is 5.89. The molecule has 3 rings (SSSR count). The molecule has 0 fully saturated rings. The van der Waals surface area contributed by atoms with Crippen molar-refractivity contribution in [2.45, 2.75) is 38.5 Å². The number of hydrogen-bond acceptors (Lipinski definition) is 2. The van der Waals surface area contributed by atoms with Gasteiger partial charge >= 0.3 is 12.4 Å². The first-order valence-electron chi connectivity index (χ1n) is 10.5. The highest BCUT2D eigenvalue weighted by molar-refractivity contribution is 7.71. The van der Waals surface area contributed by atoms with Crippen LogP contribution in [-0.2, 0) is 22.6 Å². The number of H-pyrrole nitrogens is 1. The summed E-state index contributed by atoms with van der Waals surface area (Å²) in [6.45, 7) is 4.14. The second kappa shape index (κ2) is 9.34. The van der Waals surface area contributed by atoms with Gasteiger partial charge in [-0.2, -0.15) is 26.3 Å². The van der Waals surface area contributed by atoms with Gasteiger partial charge in [-0.1, -0.05) is 18.3 Å². The summed E-state index contributed by atoms with van der Waals surface area (Å²) in [5.74, 6) is -1.25. The van der Waals surface area contributed by atoms with Gasteiger partial charge in [-0.3, -0.25) is 4.79 Å². The highest BCUT2D eigenvalue weighted by Crippen LogP contribution is 2.40. The van der Waals surface area contributed by atoms with Crippen molar-refractivity contribution >= 4 is 23.8 Å². The number of carbonyl (C=O) groups is 1. The van der Waals surface area contributed by atoms with Crippen molar-refractivity contribution in [3.8, 4) is 11.1 Å². The normalized spacial score (nSPS) is 12.5. The molecule has 1 amide bonds. The smallest absolute Gasteiger partial charge is 0.351 e. The summed E-state index contributed by atoms with van der Waals surface area (Å²) in [6.07, 6.45) is -8.70. The number of benzene rings is 2. The molecule has 0 unspecified atom stereocenters. The van der Waals surface area contributed by atoms with Crippen molar-refractivity contribution in [1.29, 1.82) is 0 Å². The minimum absolute atomic E-state index is 0.0143. The SMILES string of the molecule is Cc1cc(F)ccc1-c1cc(=S)[nH]cc1N(C)C(=O)C(C)(C)c1cc(C(F)(F)F)cc(C(F)(F)F)c1. The standard InChI is InChI=1S/C25H21F7N2OS/c1-13-7-17(26)5-6-18(13)19-11-21(36)33-12-20(19)34(4)22(35)23(2,3)14-8-15(24(27,28)29)10-16(9-14)25(30,31)32/h5-12H,1-4H3,(H,33,36). The predicted molar refractivity (Wildman–Crippen MR) is 125 cm³/mol. The van der Waals surface area contributed by atoms with E-state index < -0.39 is 46.2 Å². The number of anilines is 1. The molecule has 192 valence electrons. The molecule has 36 heavy (non-hydrogen) atoms. The van der Waals surface area contributed by atoms with Gasteiger partial charge in [0.05, 0.1) is 22.2 Å². The molecule has 0 aliphatic carbocycles. The Labute approximate surface area is 207 Å². The maximum absolute atomic E-state index is 13.7. The van der Waals surface area contributed by atoms with Gasteiger partial charge in [-0.15, -0.1) is 0 Å². The van der Waals surface area contributed by atoms with Crippen LogP contribution in [-0.4, -0.2) is 17.9 Å². The average molecular weight is 531 g/mol. The Morgan fingerprint density at radius 1 is 0.861 bits per heavy atom. The van der Waals surface area contributed by atoms with E-state index in [1.165, 1.54) is 51.4 Å². The third kappa shape index (κ3) is 5.45. The Balaban J connectivity index is 2.14. The van der Waals surface area contributed by atoms with E-state index in [1.807, 2.05) is 0 Å². The van der Waals surface area contributed by atoms with Crippen molar-refractivity contribution in [1.82, 2.24) is 4.98 Å². The molecule has 0 radical (unpaired) electrons. The summed E-state index contributed by atoms with van der Waals surface area (Å²) in [4.78, 5) is 17.5. The molecule has 0 spiro atoms. The van der Waals surface area contributed by atoms with Gasteiger partial charge in [0.2, 0.25) is 5.91 Å². The lowest BCUT2D eigenvalue weighted by Crippen LogP contribution is -2.42. The van der Waals surface area contributed by atoms with Gasteiger partial charge < -0.3 is 9.88 Å². The summed E-state index contributed by atoms with van der Waals surface area (Å²) in [6, 6.07) is 6.64. The molecule has 1 aromatic heterocycles. The zero-order valence-electron chi connectivity index (χ0n) is 19.5. The Hall–Kier alpha value is -3.21. The predicted octanol–water partition coefficient (Wildman–Crippen LogP) is 7.84. The van der Waals surface area contributed by atoms with Crippen LogP contribution in [0.25, 0.3) is 11.1 Å². The number of carbonyl (C=O) groups excluding carboxylic acids is 1. The van der Waals surface area contributed by atoms with Gasteiger partial charge in [-0.05, 0) is 73.9 Å².